The second-order valence-electron chi connectivity index (χ2n) is 4.87. The molecule has 3 N–H and O–H groups in total. The molecule has 1 aliphatic heterocycles. The minimum Gasteiger partial charge on any atom is -0.362 e. The van der Waals surface area contributed by atoms with E-state index in [9.17, 15) is 0 Å². The Labute approximate surface area is 114 Å². The molecule has 1 fully saturated rings. The zero-order valence-corrected chi connectivity index (χ0v) is 11.8. The van der Waals surface area contributed by atoms with Gasteiger partial charge in [-0.15, -0.1) is 11.3 Å². The van der Waals surface area contributed by atoms with Crippen LogP contribution in [0.4, 0.5) is 5.13 Å². The van der Waals surface area contributed by atoms with Crippen LogP contribution < -0.4 is 11.1 Å². The molecule has 1 aromatic rings. The Kier molecular flexibility index (Phi) is 5.90. The van der Waals surface area contributed by atoms with E-state index in [1.165, 1.54) is 45.3 Å². The first-order valence-electron chi connectivity index (χ1n) is 6.99. The predicted octanol–water partition coefficient (Wildman–Crippen LogP) is 1.93. The molecule has 0 bridgehead atoms. The fourth-order valence-corrected chi connectivity index (χ4v) is 3.09. The summed E-state index contributed by atoms with van der Waals surface area (Å²) in [5, 5.41) is 6.53. The lowest BCUT2D eigenvalue weighted by Gasteiger charge is -2.13. The van der Waals surface area contributed by atoms with Crippen LogP contribution in [0.1, 0.15) is 31.4 Å². The number of aromatic nitrogens is 1. The summed E-state index contributed by atoms with van der Waals surface area (Å²) in [5.74, 6) is 0. The molecule has 0 unspecified atom stereocenters. The van der Waals surface area contributed by atoms with Crippen LogP contribution in [-0.4, -0.2) is 42.6 Å². The van der Waals surface area contributed by atoms with Crippen molar-refractivity contribution < 1.29 is 0 Å². The Bertz CT molecular complexity index is 333. The Morgan fingerprint density at radius 2 is 2.17 bits per heavy atom. The lowest BCUT2D eigenvalue weighted by Crippen LogP contribution is -2.20. The largest absolute Gasteiger partial charge is 0.362 e. The Balaban J connectivity index is 1.54. The molecule has 0 spiro atoms. The topological polar surface area (TPSA) is 54.2 Å². The van der Waals surface area contributed by atoms with Gasteiger partial charge in [0.1, 0.15) is 0 Å². The first-order valence-corrected chi connectivity index (χ1v) is 7.87. The maximum Gasteiger partial charge on any atom is 0.182 e. The third kappa shape index (κ3) is 4.55. The number of rotatable bonds is 8. The predicted molar refractivity (Wildman–Crippen MR) is 78.3 cm³/mol. The van der Waals surface area contributed by atoms with Gasteiger partial charge in [-0.3, -0.25) is 0 Å². The van der Waals surface area contributed by atoms with Crippen LogP contribution in [0.2, 0.25) is 0 Å². The van der Waals surface area contributed by atoms with Crippen LogP contribution in [0.3, 0.4) is 0 Å². The van der Waals surface area contributed by atoms with E-state index in [0.717, 1.165) is 23.8 Å². The van der Waals surface area contributed by atoms with E-state index in [-0.39, 0.29) is 0 Å². The maximum absolute atomic E-state index is 5.51. The molecule has 4 nitrogen and oxygen atoms in total. The van der Waals surface area contributed by atoms with Crippen molar-refractivity contribution in [1.29, 1.82) is 0 Å². The molecule has 0 saturated carbocycles. The molecule has 0 radical (unpaired) electrons. The van der Waals surface area contributed by atoms with Gasteiger partial charge in [0.15, 0.2) is 5.13 Å². The summed E-state index contributed by atoms with van der Waals surface area (Å²) in [6.45, 7) is 5.59. The van der Waals surface area contributed by atoms with Crippen molar-refractivity contribution in [2.75, 3.05) is 38.0 Å². The van der Waals surface area contributed by atoms with Gasteiger partial charge in [0.2, 0.25) is 0 Å². The number of nitrogens with one attached hydrogen (secondary N) is 1. The summed E-state index contributed by atoms with van der Waals surface area (Å²) < 4.78 is 0. The third-order valence-corrected chi connectivity index (χ3v) is 4.18. The summed E-state index contributed by atoms with van der Waals surface area (Å²) in [6.07, 6.45) is 6.17. The number of thiazole rings is 1. The molecule has 1 aliphatic rings. The number of unbranched alkanes of at least 4 members (excludes halogenated alkanes) is 1. The number of anilines is 1. The molecule has 0 atom stereocenters. The van der Waals surface area contributed by atoms with Gasteiger partial charge in [-0.25, -0.2) is 4.98 Å². The molecule has 0 aliphatic carbocycles. The SMILES string of the molecule is NCCc1csc(NCCCCN2CCCC2)n1. The van der Waals surface area contributed by atoms with Crippen molar-refractivity contribution in [2.45, 2.75) is 32.1 Å². The van der Waals surface area contributed by atoms with Crippen molar-refractivity contribution in [2.24, 2.45) is 5.73 Å². The molecule has 1 aromatic heterocycles. The van der Waals surface area contributed by atoms with E-state index < -0.39 is 0 Å². The number of hydrogen-bond donors (Lipinski definition) is 2. The van der Waals surface area contributed by atoms with E-state index in [2.05, 4.69) is 20.6 Å². The first kappa shape index (κ1) is 13.8. The van der Waals surface area contributed by atoms with Gasteiger partial charge in [-0.05, 0) is 51.9 Å². The third-order valence-electron chi connectivity index (χ3n) is 3.33. The van der Waals surface area contributed by atoms with Crippen LogP contribution in [0.25, 0.3) is 0 Å². The average Bonchev–Trinajstić information content (AvgIpc) is 3.01. The fraction of sp³-hybridized carbons (Fsp3) is 0.769. The van der Waals surface area contributed by atoms with Crippen molar-refractivity contribution in [1.82, 2.24) is 9.88 Å². The van der Waals surface area contributed by atoms with Gasteiger partial charge in [0.25, 0.3) is 0 Å². The molecule has 2 rings (SSSR count). The van der Waals surface area contributed by atoms with Crippen LogP contribution in [0.15, 0.2) is 5.38 Å². The van der Waals surface area contributed by atoms with Gasteiger partial charge < -0.3 is 16.0 Å². The molecular formula is C13H24N4S. The molecule has 5 heteroatoms. The highest BCUT2D eigenvalue weighted by atomic mass is 32.1. The van der Waals surface area contributed by atoms with Crippen LogP contribution in [0, 0.1) is 0 Å². The molecule has 0 aromatic carbocycles. The monoisotopic (exact) mass is 268 g/mol. The van der Waals surface area contributed by atoms with Crippen LogP contribution in [0.5, 0.6) is 0 Å². The zero-order valence-electron chi connectivity index (χ0n) is 11.0. The lowest BCUT2D eigenvalue weighted by molar-refractivity contribution is 0.331. The molecule has 102 valence electrons. The van der Waals surface area contributed by atoms with Gasteiger partial charge in [-0.2, -0.15) is 0 Å². The Hall–Kier alpha value is -0.650. The van der Waals surface area contributed by atoms with E-state index in [1.807, 2.05) is 0 Å². The zero-order chi connectivity index (χ0) is 12.6. The molecule has 0 amide bonds. The highest BCUT2D eigenvalue weighted by Crippen LogP contribution is 2.15. The minimum atomic E-state index is 0.680. The molecular weight excluding hydrogens is 244 g/mol. The summed E-state index contributed by atoms with van der Waals surface area (Å²) in [6, 6.07) is 0. The number of nitrogens with zero attached hydrogens (tertiary/aromatic N) is 2. The van der Waals surface area contributed by atoms with Gasteiger partial charge >= 0.3 is 0 Å². The summed E-state index contributed by atoms with van der Waals surface area (Å²) in [5.41, 5.74) is 6.62. The van der Waals surface area contributed by atoms with Gasteiger partial charge in [-0.1, -0.05) is 0 Å². The molecule has 1 saturated heterocycles. The number of likely N-dealkylation sites (tertiary alicyclic amines) is 1. The highest BCUT2D eigenvalue weighted by Gasteiger charge is 2.09. The van der Waals surface area contributed by atoms with Crippen molar-refractivity contribution in [3.05, 3.63) is 11.1 Å². The van der Waals surface area contributed by atoms with E-state index >= 15 is 0 Å². The van der Waals surface area contributed by atoms with Gasteiger partial charge in [0.05, 0.1) is 5.69 Å². The van der Waals surface area contributed by atoms with Crippen molar-refractivity contribution in [3.63, 3.8) is 0 Å². The van der Waals surface area contributed by atoms with E-state index in [1.54, 1.807) is 11.3 Å². The summed E-state index contributed by atoms with van der Waals surface area (Å²) in [7, 11) is 0. The fourth-order valence-electron chi connectivity index (χ4n) is 2.31. The second kappa shape index (κ2) is 7.71. The molecule has 18 heavy (non-hydrogen) atoms. The summed E-state index contributed by atoms with van der Waals surface area (Å²) >= 11 is 1.68. The van der Waals surface area contributed by atoms with Crippen molar-refractivity contribution >= 4 is 16.5 Å². The quantitative estimate of drug-likeness (QED) is 0.707. The number of hydrogen-bond acceptors (Lipinski definition) is 5. The maximum atomic E-state index is 5.51. The second-order valence-corrected chi connectivity index (χ2v) is 5.72. The Morgan fingerprint density at radius 1 is 1.33 bits per heavy atom. The van der Waals surface area contributed by atoms with E-state index in [0.29, 0.717) is 6.54 Å². The van der Waals surface area contributed by atoms with Crippen LogP contribution in [-0.2, 0) is 6.42 Å². The van der Waals surface area contributed by atoms with E-state index in [4.69, 9.17) is 5.73 Å². The first-order chi connectivity index (χ1) is 8.88. The standard InChI is InChI=1S/C13H24N4S/c14-6-5-12-11-18-13(16-12)15-7-1-2-8-17-9-3-4-10-17/h11H,1-10,14H2,(H,15,16). The Morgan fingerprint density at radius 3 is 2.94 bits per heavy atom. The van der Waals surface area contributed by atoms with Crippen molar-refractivity contribution in [3.8, 4) is 0 Å². The normalized spacial score (nSPS) is 16.3. The average molecular weight is 268 g/mol. The lowest BCUT2D eigenvalue weighted by atomic mass is 10.3. The van der Waals surface area contributed by atoms with Gasteiger partial charge in [0, 0.05) is 18.3 Å². The number of nitrogens with two attached hydrogens (primary N) is 1. The smallest absolute Gasteiger partial charge is 0.182 e. The highest BCUT2D eigenvalue weighted by molar-refractivity contribution is 7.13. The minimum absolute atomic E-state index is 0.680. The molecule has 2 heterocycles. The summed E-state index contributed by atoms with van der Waals surface area (Å²) in [4.78, 5) is 7.06. The van der Waals surface area contributed by atoms with Crippen LogP contribution >= 0.6 is 11.3 Å².